The van der Waals surface area contributed by atoms with Gasteiger partial charge in [0.25, 0.3) is 0 Å². The molecule has 0 heterocycles. The van der Waals surface area contributed by atoms with Crippen LogP contribution in [-0.2, 0) is 11.2 Å². The number of ketones is 1. The largest absolute Gasteiger partial charge is 0.389 e. The monoisotopic (exact) mass is 268 g/mol. The number of carbonyl (C=O) groups excluding carboxylic acids is 1. The lowest BCUT2D eigenvalue weighted by molar-refractivity contribution is -0.143. The molecule has 0 fully saturated rings. The molecular formula is C11H9ClF4O. The Morgan fingerprint density at radius 3 is 2.47 bits per heavy atom. The van der Waals surface area contributed by atoms with Crippen LogP contribution < -0.4 is 0 Å². The summed E-state index contributed by atoms with van der Waals surface area (Å²) in [5.41, 5.74) is 0.406. The first-order valence-corrected chi connectivity index (χ1v) is 5.18. The Hall–Kier alpha value is -1.10. The lowest BCUT2D eigenvalue weighted by Gasteiger charge is -2.05. The molecule has 0 saturated heterocycles. The summed E-state index contributed by atoms with van der Waals surface area (Å²) in [5.74, 6) is -1.18. The molecule has 1 nitrogen and oxygen atoms in total. The highest BCUT2D eigenvalue weighted by atomic mass is 35.5. The van der Waals surface area contributed by atoms with Crippen LogP contribution in [0.15, 0.2) is 18.2 Å². The summed E-state index contributed by atoms with van der Waals surface area (Å²) in [5, 5.41) is -0.147. The second-order valence-electron chi connectivity index (χ2n) is 3.58. The lowest BCUT2D eigenvalue weighted by Crippen LogP contribution is -2.12. The number of halogens is 5. The molecule has 17 heavy (non-hydrogen) atoms. The number of alkyl halides is 3. The molecule has 0 aliphatic rings. The molecule has 0 aliphatic heterocycles. The van der Waals surface area contributed by atoms with Crippen molar-refractivity contribution in [3.05, 3.63) is 34.6 Å². The van der Waals surface area contributed by atoms with Crippen LogP contribution in [0.1, 0.15) is 18.4 Å². The van der Waals surface area contributed by atoms with Crippen molar-refractivity contribution in [2.24, 2.45) is 0 Å². The van der Waals surface area contributed by atoms with Gasteiger partial charge < -0.3 is 0 Å². The molecule has 0 bridgehead atoms. The fraction of sp³-hybridized carbons (Fsp3) is 0.364. The van der Waals surface area contributed by atoms with Crippen LogP contribution in [0, 0.1) is 5.82 Å². The van der Waals surface area contributed by atoms with Gasteiger partial charge in [-0.25, -0.2) is 4.39 Å². The fourth-order valence-electron chi connectivity index (χ4n) is 1.25. The van der Waals surface area contributed by atoms with E-state index in [2.05, 4.69) is 0 Å². The molecule has 0 N–H and O–H groups in total. The van der Waals surface area contributed by atoms with Crippen molar-refractivity contribution in [1.29, 1.82) is 0 Å². The normalized spacial score (nSPS) is 11.6. The van der Waals surface area contributed by atoms with E-state index in [1.807, 2.05) is 0 Å². The summed E-state index contributed by atoms with van der Waals surface area (Å²) >= 11 is 5.48. The maximum absolute atomic E-state index is 12.8. The number of Topliss-reactive ketones (excluding diaryl/α,β-unsaturated/α-hetero) is 1. The fourth-order valence-corrected chi connectivity index (χ4v) is 1.45. The van der Waals surface area contributed by atoms with Crippen molar-refractivity contribution in [1.82, 2.24) is 0 Å². The SMILES string of the molecule is O=C(CCC(F)(F)F)Cc1ccc(F)c(Cl)c1. The number of hydrogen-bond donors (Lipinski definition) is 0. The molecule has 0 aliphatic carbocycles. The molecule has 0 spiro atoms. The first-order chi connectivity index (χ1) is 7.78. The Labute approximate surface area is 100 Å². The Morgan fingerprint density at radius 2 is 1.94 bits per heavy atom. The third-order valence-electron chi connectivity index (χ3n) is 2.07. The second-order valence-corrected chi connectivity index (χ2v) is 3.99. The molecule has 0 atom stereocenters. The minimum absolute atomic E-state index is 0.147. The summed E-state index contributed by atoms with van der Waals surface area (Å²) < 4.78 is 48.3. The van der Waals surface area contributed by atoms with Crippen LogP contribution in [0.2, 0.25) is 5.02 Å². The topological polar surface area (TPSA) is 17.1 Å². The van der Waals surface area contributed by atoms with Gasteiger partial charge in [0, 0.05) is 12.8 Å². The Bertz CT molecular complexity index is 414. The van der Waals surface area contributed by atoms with E-state index in [-0.39, 0.29) is 11.4 Å². The van der Waals surface area contributed by atoms with E-state index in [1.165, 1.54) is 12.1 Å². The summed E-state index contributed by atoms with van der Waals surface area (Å²) in [6.45, 7) is 0. The van der Waals surface area contributed by atoms with Gasteiger partial charge in [-0.15, -0.1) is 0 Å². The van der Waals surface area contributed by atoms with Crippen molar-refractivity contribution in [3.63, 3.8) is 0 Å². The molecule has 94 valence electrons. The Balaban J connectivity index is 2.54. The molecule has 0 amide bonds. The third-order valence-corrected chi connectivity index (χ3v) is 2.36. The number of carbonyl (C=O) groups is 1. The minimum atomic E-state index is -4.34. The van der Waals surface area contributed by atoms with E-state index in [9.17, 15) is 22.4 Å². The van der Waals surface area contributed by atoms with Gasteiger partial charge in [0.05, 0.1) is 11.4 Å². The van der Waals surface area contributed by atoms with E-state index >= 15 is 0 Å². The smallest absolute Gasteiger partial charge is 0.299 e. The first kappa shape index (κ1) is 14.0. The summed E-state index contributed by atoms with van der Waals surface area (Å²) in [6, 6.07) is 3.64. The average molecular weight is 269 g/mol. The van der Waals surface area contributed by atoms with Crippen molar-refractivity contribution in [2.45, 2.75) is 25.4 Å². The molecule has 1 rings (SSSR count). The third kappa shape index (κ3) is 5.17. The van der Waals surface area contributed by atoms with E-state index in [0.29, 0.717) is 5.56 Å². The van der Waals surface area contributed by atoms with Crippen LogP contribution in [0.4, 0.5) is 17.6 Å². The maximum Gasteiger partial charge on any atom is 0.389 e. The molecule has 0 aromatic heterocycles. The molecule has 1 aromatic carbocycles. The standard InChI is InChI=1S/C11H9ClF4O/c12-9-6-7(1-2-10(9)13)5-8(17)3-4-11(14,15)16/h1-2,6H,3-5H2. The van der Waals surface area contributed by atoms with Crippen molar-refractivity contribution in [2.75, 3.05) is 0 Å². The van der Waals surface area contributed by atoms with Crippen molar-refractivity contribution < 1.29 is 22.4 Å². The quantitative estimate of drug-likeness (QED) is 0.756. The predicted octanol–water partition coefficient (Wildman–Crippen LogP) is 3.93. The van der Waals surface area contributed by atoms with E-state index in [0.717, 1.165) is 6.07 Å². The van der Waals surface area contributed by atoms with Gasteiger partial charge in [-0.05, 0) is 17.7 Å². The van der Waals surface area contributed by atoms with Gasteiger partial charge >= 0.3 is 6.18 Å². The van der Waals surface area contributed by atoms with Gasteiger partial charge in [-0.2, -0.15) is 13.2 Å². The maximum atomic E-state index is 12.8. The predicted molar refractivity (Wildman–Crippen MR) is 55.4 cm³/mol. The number of rotatable bonds is 4. The summed E-state index contributed by atoms with van der Waals surface area (Å²) in [6.07, 6.45) is -6.22. The van der Waals surface area contributed by atoms with Crippen molar-refractivity contribution >= 4 is 17.4 Å². The first-order valence-electron chi connectivity index (χ1n) is 4.80. The number of benzene rings is 1. The molecule has 1 aromatic rings. The van der Waals surface area contributed by atoms with Crippen LogP contribution in [0.25, 0.3) is 0 Å². The average Bonchev–Trinajstić information content (AvgIpc) is 2.20. The highest BCUT2D eigenvalue weighted by Crippen LogP contribution is 2.22. The minimum Gasteiger partial charge on any atom is -0.299 e. The van der Waals surface area contributed by atoms with Gasteiger partial charge in [-0.1, -0.05) is 17.7 Å². The number of hydrogen-bond acceptors (Lipinski definition) is 1. The zero-order valence-electron chi connectivity index (χ0n) is 8.65. The van der Waals surface area contributed by atoms with Crippen LogP contribution in [0.3, 0.4) is 0 Å². The zero-order chi connectivity index (χ0) is 13.1. The van der Waals surface area contributed by atoms with Crippen LogP contribution in [-0.4, -0.2) is 12.0 Å². The zero-order valence-corrected chi connectivity index (χ0v) is 9.41. The van der Waals surface area contributed by atoms with E-state index < -0.39 is 30.6 Å². The molecular weight excluding hydrogens is 260 g/mol. The van der Waals surface area contributed by atoms with Gasteiger partial charge in [0.2, 0.25) is 0 Å². The van der Waals surface area contributed by atoms with E-state index in [4.69, 9.17) is 11.6 Å². The van der Waals surface area contributed by atoms with Crippen LogP contribution in [0.5, 0.6) is 0 Å². The summed E-state index contributed by atoms with van der Waals surface area (Å²) in [7, 11) is 0. The van der Waals surface area contributed by atoms with Gasteiger partial charge in [-0.3, -0.25) is 4.79 Å². The molecule has 6 heteroatoms. The highest BCUT2D eigenvalue weighted by Gasteiger charge is 2.27. The van der Waals surface area contributed by atoms with Crippen molar-refractivity contribution in [3.8, 4) is 0 Å². The van der Waals surface area contributed by atoms with Gasteiger partial charge in [0.1, 0.15) is 11.6 Å². The lowest BCUT2D eigenvalue weighted by atomic mass is 10.1. The highest BCUT2D eigenvalue weighted by molar-refractivity contribution is 6.30. The Kier molecular flexibility index (Phi) is 4.51. The second kappa shape index (κ2) is 5.49. The molecule has 0 radical (unpaired) electrons. The molecule has 0 unspecified atom stereocenters. The van der Waals surface area contributed by atoms with E-state index in [1.54, 1.807) is 0 Å². The van der Waals surface area contributed by atoms with Crippen LogP contribution >= 0.6 is 11.6 Å². The Morgan fingerprint density at radius 1 is 1.29 bits per heavy atom. The molecule has 0 saturated carbocycles. The van der Waals surface area contributed by atoms with Gasteiger partial charge in [0.15, 0.2) is 0 Å². The summed E-state index contributed by atoms with van der Waals surface area (Å²) in [4.78, 5) is 11.2.